The molecule has 0 aliphatic carbocycles. The van der Waals surface area contributed by atoms with Crippen LogP contribution < -0.4 is 5.73 Å². The Balaban J connectivity index is 2.70. The standard InChI is InChI=1S/C10H15NOS/c1-7-3-4-9(11)5-10(7)13-6-8(2)12/h3-5,8,12H,6,11H2,1-2H3. The molecule has 1 atom stereocenters. The van der Waals surface area contributed by atoms with Gasteiger partial charge in [-0.15, -0.1) is 11.8 Å². The summed E-state index contributed by atoms with van der Waals surface area (Å²) in [7, 11) is 0. The lowest BCUT2D eigenvalue weighted by atomic mass is 10.2. The molecule has 0 spiro atoms. The molecule has 0 aliphatic rings. The molecule has 0 aromatic heterocycles. The van der Waals surface area contributed by atoms with Crippen LogP contribution in [-0.4, -0.2) is 17.0 Å². The summed E-state index contributed by atoms with van der Waals surface area (Å²) in [4.78, 5) is 1.15. The van der Waals surface area contributed by atoms with E-state index >= 15 is 0 Å². The molecule has 1 aromatic carbocycles. The van der Waals surface area contributed by atoms with Crippen LogP contribution in [-0.2, 0) is 0 Å². The van der Waals surface area contributed by atoms with Crippen molar-refractivity contribution < 1.29 is 5.11 Å². The fourth-order valence-corrected chi connectivity index (χ4v) is 1.92. The molecule has 0 aliphatic heterocycles. The summed E-state index contributed by atoms with van der Waals surface area (Å²) in [5.41, 5.74) is 7.64. The summed E-state index contributed by atoms with van der Waals surface area (Å²) in [6.07, 6.45) is -0.272. The third-order valence-corrected chi connectivity index (χ3v) is 3.09. The highest BCUT2D eigenvalue weighted by Gasteiger charge is 2.01. The van der Waals surface area contributed by atoms with E-state index in [9.17, 15) is 0 Å². The number of thioether (sulfide) groups is 1. The summed E-state index contributed by atoms with van der Waals surface area (Å²) >= 11 is 1.64. The van der Waals surface area contributed by atoms with Crippen molar-refractivity contribution in [3.63, 3.8) is 0 Å². The molecule has 0 saturated heterocycles. The predicted octanol–water partition coefficient (Wildman–Crippen LogP) is 2.05. The van der Waals surface area contributed by atoms with E-state index in [1.54, 1.807) is 18.7 Å². The molecule has 3 heteroatoms. The maximum absolute atomic E-state index is 9.12. The van der Waals surface area contributed by atoms with Crippen molar-refractivity contribution in [2.24, 2.45) is 0 Å². The maximum atomic E-state index is 9.12. The molecule has 3 N–H and O–H groups in total. The number of hydrogen-bond donors (Lipinski definition) is 2. The molecule has 0 heterocycles. The molecule has 1 rings (SSSR count). The van der Waals surface area contributed by atoms with Crippen LogP contribution in [0.5, 0.6) is 0 Å². The van der Waals surface area contributed by atoms with Gasteiger partial charge in [-0.3, -0.25) is 0 Å². The second-order valence-corrected chi connectivity index (χ2v) is 4.25. The summed E-state index contributed by atoms with van der Waals surface area (Å²) < 4.78 is 0. The van der Waals surface area contributed by atoms with Crippen molar-refractivity contribution in [2.45, 2.75) is 24.8 Å². The highest BCUT2D eigenvalue weighted by Crippen LogP contribution is 2.24. The Hall–Kier alpha value is -0.670. The Morgan fingerprint density at radius 1 is 1.54 bits per heavy atom. The molecule has 1 aromatic rings. The van der Waals surface area contributed by atoms with Crippen molar-refractivity contribution in [2.75, 3.05) is 11.5 Å². The minimum absolute atomic E-state index is 0.272. The Morgan fingerprint density at radius 3 is 2.85 bits per heavy atom. The summed E-state index contributed by atoms with van der Waals surface area (Å²) in [6.45, 7) is 3.83. The largest absolute Gasteiger partial charge is 0.399 e. The van der Waals surface area contributed by atoms with E-state index in [1.165, 1.54) is 5.56 Å². The lowest BCUT2D eigenvalue weighted by Crippen LogP contribution is -2.02. The second kappa shape index (κ2) is 4.53. The van der Waals surface area contributed by atoms with Crippen LogP contribution in [0.2, 0.25) is 0 Å². The fourth-order valence-electron chi connectivity index (χ4n) is 0.983. The third kappa shape index (κ3) is 3.28. The average Bonchev–Trinajstić information content (AvgIpc) is 2.06. The van der Waals surface area contributed by atoms with Crippen LogP contribution >= 0.6 is 11.8 Å². The first-order valence-electron chi connectivity index (χ1n) is 4.26. The first kappa shape index (κ1) is 10.4. The quantitative estimate of drug-likeness (QED) is 0.576. The summed E-state index contributed by atoms with van der Waals surface area (Å²) in [5, 5.41) is 9.12. The monoisotopic (exact) mass is 197 g/mol. The number of nitrogen functional groups attached to an aromatic ring is 1. The zero-order valence-corrected chi connectivity index (χ0v) is 8.77. The van der Waals surface area contributed by atoms with Crippen LogP contribution in [0.15, 0.2) is 23.1 Å². The van der Waals surface area contributed by atoms with Gasteiger partial charge in [-0.05, 0) is 31.5 Å². The number of aliphatic hydroxyl groups is 1. The zero-order valence-electron chi connectivity index (χ0n) is 7.95. The number of hydrogen-bond acceptors (Lipinski definition) is 3. The van der Waals surface area contributed by atoms with Gasteiger partial charge in [0.05, 0.1) is 6.10 Å². The van der Waals surface area contributed by atoms with Gasteiger partial charge in [0.25, 0.3) is 0 Å². The minimum atomic E-state index is -0.272. The van der Waals surface area contributed by atoms with Crippen molar-refractivity contribution in [1.29, 1.82) is 0 Å². The van der Waals surface area contributed by atoms with Crippen molar-refractivity contribution in [1.82, 2.24) is 0 Å². The molecule has 13 heavy (non-hydrogen) atoms. The topological polar surface area (TPSA) is 46.2 Å². The van der Waals surface area contributed by atoms with Crippen LogP contribution in [0.25, 0.3) is 0 Å². The highest BCUT2D eigenvalue weighted by molar-refractivity contribution is 7.99. The molecule has 0 bridgehead atoms. The van der Waals surface area contributed by atoms with E-state index in [0.29, 0.717) is 5.75 Å². The molecule has 1 unspecified atom stereocenters. The number of benzene rings is 1. The van der Waals surface area contributed by atoms with Gasteiger partial charge >= 0.3 is 0 Å². The van der Waals surface area contributed by atoms with E-state index < -0.39 is 0 Å². The number of nitrogens with two attached hydrogens (primary N) is 1. The van der Waals surface area contributed by atoms with Gasteiger partial charge in [0, 0.05) is 16.3 Å². The Labute approximate surface area is 83.1 Å². The first-order valence-corrected chi connectivity index (χ1v) is 5.25. The van der Waals surface area contributed by atoms with E-state index in [0.717, 1.165) is 10.6 Å². The molecular formula is C10H15NOS. The van der Waals surface area contributed by atoms with Gasteiger partial charge in [0.2, 0.25) is 0 Å². The molecule has 0 fully saturated rings. The molecular weight excluding hydrogens is 182 g/mol. The molecule has 0 saturated carbocycles. The third-order valence-electron chi connectivity index (χ3n) is 1.69. The first-order chi connectivity index (χ1) is 6.09. The Kier molecular flexibility index (Phi) is 3.63. The number of aliphatic hydroxyl groups excluding tert-OH is 1. The minimum Gasteiger partial charge on any atom is -0.399 e. The predicted molar refractivity (Wildman–Crippen MR) is 58.0 cm³/mol. The van der Waals surface area contributed by atoms with Crippen LogP contribution in [0.4, 0.5) is 5.69 Å². The highest BCUT2D eigenvalue weighted by atomic mass is 32.2. The van der Waals surface area contributed by atoms with E-state index in [-0.39, 0.29) is 6.10 Å². The smallest absolute Gasteiger partial charge is 0.0606 e. The van der Waals surface area contributed by atoms with Gasteiger partial charge in [0.1, 0.15) is 0 Å². The van der Waals surface area contributed by atoms with Gasteiger partial charge < -0.3 is 10.8 Å². The SMILES string of the molecule is Cc1ccc(N)cc1SCC(C)O. The van der Waals surface area contributed by atoms with Gasteiger partial charge in [-0.2, -0.15) is 0 Å². The fraction of sp³-hybridized carbons (Fsp3) is 0.400. The molecule has 0 amide bonds. The maximum Gasteiger partial charge on any atom is 0.0606 e. The number of aryl methyl sites for hydroxylation is 1. The molecule has 0 radical (unpaired) electrons. The van der Waals surface area contributed by atoms with E-state index in [4.69, 9.17) is 10.8 Å². The Morgan fingerprint density at radius 2 is 2.23 bits per heavy atom. The Bertz CT molecular complexity index is 286. The van der Waals surface area contributed by atoms with E-state index in [1.807, 2.05) is 25.1 Å². The van der Waals surface area contributed by atoms with E-state index in [2.05, 4.69) is 0 Å². The normalized spacial score (nSPS) is 12.8. The summed E-state index contributed by atoms with van der Waals surface area (Å²) in [6, 6.07) is 5.84. The summed E-state index contributed by atoms with van der Waals surface area (Å²) in [5.74, 6) is 0.713. The zero-order chi connectivity index (χ0) is 9.84. The van der Waals surface area contributed by atoms with Crippen molar-refractivity contribution in [3.8, 4) is 0 Å². The van der Waals surface area contributed by atoms with Gasteiger partial charge in [0.15, 0.2) is 0 Å². The van der Waals surface area contributed by atoms with Gasteiger partial charge in [-0.1, -0.05) is 6.07 Å². The lowest BCUT2D eigenvalue weighted by Gasteiger charge is -2.07. The van der Waals surface area contributed by atoms with Crippen LogP contribution in [0.1, 0.15) is 12.5 Å². The van der Waals surface area contributed by atoms with Crippen LogP contribution in [0, 0.1) is 6.92 Å². The number of rotatable bonds is 3. The van der Waals surface area contributed by atoms with Crippen molar-refractivity contribution in [3.05, 3.63) is 23.8 Å². The average molecular weight is 197 g/mol. The van der Waals surface area contributed by atoms with Gasteiger partial charge in [-0.25, -0.2) is 0 Å². The number of anilines is 1. The lowest BCUT2D eigenvalue weighted by molar-refractivity contribution is 0.220. The second-order valence-electron chi connectivity index (χ2n) is 3.18. The van der Waals surface area contributed by atoms with Crippen molar-refractivity contribution >= 4 is 17.4 Å². The molecule has 72 valence electrons. The van der Waals surface area contributed by atoms with Crippen LogP contribution in [0.3, 0.4) is 0 Å². The molecule has 2 nitrogen and oxygen atoms in total.